The molecule has 2 aromatic rings. The van der Waals surface area contributed by atoms with Gasteiger partial charge in [0.1, 0.15) is 4.83 Å². The highest BCUT2D eigenvalue weighted by Crippen LogP contribution is 2.36. The van der Waals surface area contributed by atoms with Crippen LogP contribution in [-0.4, -0.2) is 51.4 Å². The molecule has 2 atom stereocenters. The molecule has 4 heterocycles. The number of hydrogen-bond acceptors (Lipinski definition) is 6. The molecule has 1 aliphatic carbocycles. The molecule has 0 unspecified atom stereocenters. The van der Waals surface area contributed by atoms with Crippen LogP contribution in [0.5, 0.6) is 0 Å². The van der Waals surface area contributed by atoms with E-state index in [9.17, 15) is 9.59 Å². The molecule has 30 heavy (non-hydrogen) atoms. The highest BCUT2D eigenvalue weighted by atomic mass is 32.2. The van der Waals surface area contributed by atoms with Crippen molar-refractivity contribution >= 4 is 39.2 Å². The molecule has 5 rings (SSSR count). The van der Waals surface area contributed by atoms with E-state index in [1.165, 1.54) is 28.6 Å². The predicted octanol–water partition coefficient (Wildman–Crippen LogP) is 3.62. The summed E-state index contributed by atoms with van der Waals surface area (Å²) < 4.78 is 7.61. The average molecular weight is 448 g/mol. The summed E-state index contributed by atoms with van der Waals surface area (Å²) in [5.41, 5.74) is 1.26. The first kappa shape index (κ1) is 20.5. The van der Waals surface area contributed by atoms with Crippen molar-refractivity contribution in [3.8, 4) is 0 Å². The smallest absolute Gasteiger partial charge is 0.263 e. The van der Waals surface area contributed by atoms with Crippen LogP contribution in [0.15, 0.2) is 9.95 Å². The van der Waals surface area contributed by atoms with Gasteiger partial charge in [0.15, 0.2) is 5.16 Å². The SMILES string of the molecule is C[C@H]1CCCCN1C(=O)CSc1nc2sc3c(c2c(=O)n1C[C@H]1CCCO1)CCC3. The molecular weight excluding hydrogens is 418 g/mol. The normalized spacial score (nSPS) is 24.0. The molecule has 2 fully saturated rings. The van der Waals surface area contributed by atoms with Gasteiger partial charge in [0.05, 0.1) is 23.8 Å². The Morgan fingerprint density at radius 1 is 1.23 bits per heavy atom. The summed E-state index contributed by atoms with van der Waals surface area (Å²) in [4.78, 5) is 35.4. The largest absolute Gasteiger partial charge is 0.376 e. The molecule has 2 aromatic heterocycles. The standard InChI is InChI=1S/C22H29N3O3S2/c1-14-6-2-3-10-24(14)18(26)13-29-22-23-20-19(16-8-4-9-17(16)30-20)21(27)25(22)12-15-7-5-11-28-15/h14-15H,2-13H2,1H3/t14-,15+/m0/s1. The number of carbonyl (C=O) groups excluding carboxylic acids is 1. The number of carbonyl (C=O) groups is 1. The van der Waals surface area contributed by atoms with Crippen LogP contribution in [0.4, 0.5) is 0 Å². The molecule has 2 saturated heterocycles. The Kier molecular flexibility index (Phi) is 5.90. The van der Waals surface area contributed by atoms with E-state index in [0.29, 0.717) is 23.5 Å². The first-order valence-electron chi connectivity index (χ1n) is 11.2. The number of thioether (sulfide) groups is 1. The van der Waals surface area contributed by atoms with Crippen molar-refractivity contribution < 1.29 is 9.53 Å². The van der Waals surface area contributed by atoms with Gasteiger partial charge >= 0.3 is 0 Å². The van der Waals surface area contributed by atoms with E-state index in [1.54, 1.807) is 15.9 Å². The fraction of sp³-hybridized carbons (Fsp3) is 0.682. The van der Waals surface area contributed by atoms with E-state index in [1.807, 2.05) is 4.90 Å². The van der Waals surface area contributed by atoms with Crippen molar-refractivity contribution in [2.45, 2.75) is 82.1 Å². The fourth-order valence-corrected chi connectivity index (χ4v) is 7.20. The summed E-state index contributed by atoms with van der Waals surface area (Å²) in [6.45, 7) is 4.26. The molecule has 0 bridgehead atoms. The molecule has 2 aliphatic heterocycles. The number of rotatable bonds is 5. The summed E-state index contributed by atoms with van der Waals surface area (Å²) in [6.07, 6.45) is 8.57. The van der Waals surface area contributed by atoms with Crippen LogP contribution in [0.2, 0.25) is 0 Å². The Morgan fingerprint density at radius 2 is 2.13 bits per heavy atom. The minimum Gasteiger partial charge on any atom is -0.376 e. The van der Waals surface area contributed by atoms with E-state index in [-0.39, 0.29) is 17.6 Å². The summed E-state index contributed by atoms with van der Waals surface area (Å²) in [6, 6.07) is 0.302. The van der Waals surface area contributed by atoms with Crippen molar-refractivity contribution in [2.75, 3.05) is 18.9 Å². The number of likely N-dealkylation sites (tertiary alicyclic amines) is 1. The minimum atomic E-state index is 0.0520. The van der Waals surface area contributed by atoms with E-state index in [4.69, 9.17) is 9.72 Å². The summed E-state index contributed by atoms with van der Waals surface area (Å²) in [5, 5.41) is 1.48. The molecule has 0 aromatic carbocycles. The number of aryl methyl sites for hydroxylation is 2. The van der Waals surface area contributed by atoms with Gasteiger partial charge in [-0.15, -0.1) is 11.3 Å². The van der Waals surface area contributed by atoms with Gasteiger partial charge in [-0.25, -0.2) is 4.98 Å². The van der Waals surface area contributed by atoms with E-state index < -0.39 is 0 Å². The number of piperidine rings is 1. The molecule has 8 heteroatoms. The van der Waals surface area contributed by atoms with Crippen molar-refractivity contribution in [3.63, 3.8) is 0 Å². The van der Waals surface area contributed by atoms with Gasteiger partial charge in [-0.3, -0.25) is 14.2 Å². The molecule has 0 saturated carbocycles. The highest BCUT2D eigenvalue weighted by molar-refractivity contribution is 7.99. The Morgan fingerprint density at radius 3 is 2.93 bits per heavy atom. The minimum absolute atomic E-state index is 0.0520. The molecule has 0 spiro atoms. The van der Waals surface area contributed by atoms with Crippen molar-refractivity contribution in [2.24, 2.45) is 0 Å². The summed E-state index contributed by atoms with van der Waals surface area (Å²) in [7, 11) is 0. The lowest BCUT2D eigenvalue weighted by molar-refractivity contribution is -0.131. The van der Waals surface area contributed by atoms with E-state index >= 15 is 0 Å². The van der Waals surface area contributed by atoms with Crippen molar-refractivity contribution in [1.29, 1.82) is 0 Å². The molecule has 6 nitrogen and oxygen atoms in total. The number of amides is 1. The maximum Gasteiger partial charge on any atom is 0.263 e. The zero-order valence-electron chi connectivity index (χ0n) is 17.5. The van der Waals surface area contributed by atoms with Crippen LogP contribution in [0.3, 0.4) is 0 Å². The number of aromatic nitrogens is 2. The first-order chi connectivity index (χ1) is 14.6. The average Bonchev–Trinajstić information content (AvgIpc) is 3.46. The van der Waals surface area contributed by atoms with Gasteiger partial charge in [-0.1, -0.05) is 11.8 Å². The second-order valence-electron chi connectivity index (χ2n) is 8.70. The summed E-state index contributed by atoms with van der Waals surface area (Å²) >= 11 is 3.08. The molecule has 0 radical (unpaired) electrons. The number of fused-ring (bicyclic) bond motifs is 3. The van der Waals surface area contributed by atoms with Gasteiger partial charge < -0.3 is 9.64 Å². The molecular formula is C22H29N3O3S2. The second-order valence-corrected chi connectivity index (χ2v) is 10.7. The van der Waals surface area contributed by atoms with E-state index in [2.05, 4.69) is 6.92 Å². The van der Waals surface area contributed by atoms with Crippen LogP contribution in [0.25, 0.3) is 10.2 Å². The van der Waals surface area contributed by atoms with Gasteiger partial charge in [-0.05, 0) is 63.9 Å². The monoisotopic (exact) mass is 447 g/mol. The maximum absolute atomic E-state index is 13.5. The maximum atomic E-state index is 13.5. The zero-order valence-corrected chi connectivity index (χ0v) is 19.2. The topological polar surface area (TPSA) is 64.4 Å². The highest BCUT2D eigenvalue weighted by Gasteiger charge is 2.27. The van der Waals surface area contributed by atoms with E-state index in [0.717, 1.165) is 68.3 Å². The number of nitrogens with zero attached hydrogens (tertiary/aromatic N) is 3. The van der Waals surface area contributed by atoms with Crippen molar-refractivity contribution in [3.05, 3.63) is 20.8 Å². The van der Waals surface area contributed by atoms with Crippen LogP contribution in [0, 0.1) is 0 Å². The molecule has 3 aliphatic rings. The second kappa shape index (κ2) is 8.63. The third-order valence-corrected chi connectivity index (χ3v) is 8.79. The Hall–Kier alpha value is -1.38. The van der Waals surface area contributed by atoms with Gasteiger partial charge in [0, 0.05) is 24.1 Å². The summed E-state index contributed by atoms with van der Waals surface area (Å²) in [5.74, 6) is 0.484. The third-order valence-electron chi connectivity index (χ3n) is 6.65. The molecule has 1 amide bonds. The quantitative estimate of drug-likeness (QED) is 0.517. The van der Waals surface area contributed by atoms with Crippen LogP contribution in [0.1, 0.15) is 55.9 Å². The van der Waals surface area contributed by atoms with Crippen LogP contribution < -0.4 is 5.56 Å². The van der Waals surface area contributed by atoms with Gasteiger partial charge in [-0.2, -0.15) is 0 Å². The Bertz CT molecular complexity index is 1010. The zero-order chi connectivity index (χ0) is 20.7. The predicted molar refractivity (Wildman–Crippen MR) is 121 cm³/mol. The lowest BCUT2D eigenvalue weighted by atomic mass is 10.0. The fourth-order valence-electron chi connectivity index (χ4n) is 5.00. The lowest BCUT2D eigenvalue weighted by Gasteiger charge is -2.33. The van der Waals surface area contributed by atoms with Gasteiger partial charge in [0.2, 0.25) is 5.91 Å². The van der Waals surface area contributed by atoms with Gasteiger partial charge in [0.25, 0.3) is 5.56 Å². The van der Waals surface area contributed by atoms with Crippen LogP contribution >= 0.6 is 23.1 Å². The molecule has 0 N–H and O–H groups in total. The number of ether oxygens (including phenoxy) is 1. The lowest BCUT2D eigenvalue weighted by Crippen LogP contribution is -2.43. The Labute approximate surface area is 185 Å². The number of hydrogen-bond donors (Lipinski definition) is 0. The van der Waals surface area contributed by atoms with Crippen LogP contribution in [-0.2, 0) is 28.9 Å². The number of thiophene rings is 1. The molecule has 162 valence electrons. The third kappa shape index (κ3) is 3.82. The Balaban J connectivity index is 1.45. The van der Waals surface area contributed by atoms with Crippen molar-refractivity contribution in [1.82, 2.24) is 14.5 Å². The first-order valence-corrected chi connectivity index (χ1v) is 13.0.